The SMILES string of the molecule is O=C(NCCO)NCc1cccc(F)c1. The van der Waals surface area contributed by atoms with Gasteiger partial charge in [-0.3, -0.25) is 0 Å². The molecule has 0 aliphatic carbocycles. The molecule has 0 bridgehead atoms. The Morgan fingerprint density at radius 3 is 2.87 bits per heavy atom. The van der Waals surface area contributed by atoms with Crippen LogP contribution in [0.15, 0.2) is 24.3 Å². The molecule has 5 heteroatoms. The van der Waals surface area contributed by atoms with E-state index in [-0.39, 0.29) is 31.5 Å². The Balaban J connectivity index is 2.33. The summed E-state index contributed by atoms with van der Waals surface area (Å²) in [6, 6.07) is 5.61. The van der Waals surface area contributed by atoms with Crippen molar-refractivity contribution in [3.05, 3.63) is 35.6 Å². The molecule has 1 aromatic rings. The highest BCUT2D eigenvalue weighted by atomic mass is 19.1. The molecule has 15 heavy (non-hydrogen) atoms. The topological polar surface area (TPSA) is 61.4 Å². The lowest BCUT2D eigenvalue weighted by molar-refractivity contribution is 0.234. The number of carbonyl (C=O) groups excluding carboxylic acids is 1. The molecule has 0 fully saturated rings. The summed E-state index contributed by atoms with van der Waals surface area (Å²) in [6.45, 7) is 0.359. The Labute approximate surface area is 87.1 Å². The van der Waals surface area contributed by atoms with Gasteiger partial charge in [0.05, 0.1) is 6.61 Å². The molecule has 0 unspecified atom stereocenters. The number of halogens is 1. The summed E-state index contributed by atoms with van der Waals surface area (Å²) in [5.74, 6) is -0.329. The minimum atomic E-state index is -0.381. The van der Waals surface area contributed by atoms with E-state index in [1.165, 1.54) is 12.1 Å². The zero-order valence-electron chi connectivity index (χ0n) is 8.16. The van der Waals surface area contributed by atoms with Crippen molar-refractivity contribution < 1.29 is 14.3 Å². The van der Waals surface area contributed by atoms with Gasteiger partial charge in [0.15, 0.2) is 0 Å². The van der Waals surface area contributed by atoms with Crippen LogP contribution in [0, 0.1) is 5.82 Å². The van der Waals surface area contributed by atoms with E-state index in [2.05, 4.69) is 10.6 Å². The molecule has 2 amide bonds. The molecule has 0 aliphatic rings. The second-order valence-electron chi connectivity index (χ2n) is 2.96. The molecule has 0 saturated carbocycles. The van der Waals surface area contributed by atoms with Gasteiger partial charge in [-0.05, 0) is 17.7 Å². The van der Waals surface area contributed by atoms with Crippen molar-refractivity contribution >= 4 is 6.03 Å². The van der Waals surface area contributed by atoms with Gasteiger partial charge in [0.25, 0.3) is 0 Å². The quantitative estimate of drug-likeness (QED) is 0.685. The number of amides is 2. The van der Waals surface area contributed by atoms with E-state index < -0.39 is 0 Å². The van der Waals surface area contributed by atoms with E-state index >= 15 is 0 Å². The van der Waals surface area contributed by atoms with Crippen LogP contribution in [0.5, 0.6) is 0 Å². The minimum absolute atomic E-state index is 0.104. The summed E-state index contributed by atoms with van der Waals surface area (Å²) in [7, 11) is 0. The van der Waals surface area contributed by atoms with Gasteiger partial charge in [-0.2, -0.15) is 0 Å². The van der Waals surface area contributed by atoms with Crippen LogP contribution in [0.3, 0.4) is 0 Å². The Kier molecular flexibility index (Phi) is 4.56. The van der Waals surface area contributed by atoms with Crippen molar-refractivity contribution in [3.8, 4) is 0 Å². The molecule has 0 radical (unpaired) electrons. The Morgan fingerprint density at radius 2 is 2.20 bits per heavy atom. The third kappa shape index (κ3) is 4.42. The lowest BCUT2D eigenvalue weighted by atomic mass is 10.2. The van der Waals surface area contributed by atoms with Crippen LogP contribution in [0.2, 0.25) is 0 Å². The number of hydrogen-bond acceptors (Lipinski definition) is 2. The Hall–Kier alpha value is -1.62. The number of urea groups is 1. The highest BCUT2D eigenvalue weighted by Gasteiger charge is 1.99. The van der Waals surface area contributed by atoms with Gasteiger partial charge in [-0.15, -0.1) is 0 Å². The molecule has 3 N–H and O–H groups in total. The number of benzene rings is 1. The monoisotopic (exact) mass is 212 g/mol. The number of nitrogens with one attached hydrogen (secondary N) is 2. The Morgan fingerprint density at radius 1 is 1.40 bits per heavy atom. The standard InChI is InChI=1S/C10H13FN2O2/c11-9-3-1-2-8(6-9)7-13-10(15)12-4-5-14/h1-3,6,14H,4-5,7H2,(H2,12,13,15). The van der Waals surface area contributed by atoms with E-state index in [0.29, 0.717) is 5.56 Å². The molecule has 0 saturated heterocycles. The van der Waals surface area contributed by atoms with Crippen LogP contribution in [-0.2, 0) is 6.54 Å². The van der Waals surface area contributed by atoms with Crippen LogP contribution >= 0.6 is 0 Å². The van der Waals surface area contributed by atoms with E-state index in [9.17, 15) is 9.18 Å². The third-order valence-corrected chi connectivity index (χ3v) is 1.74. The number of rotatable bonds is 4. The van der Waals surface area contributed by atoms with Crippen molar-refractivity contribution in [2.45, 2.75) is 6.54 Å². The van der Waals surface area contributed by atoms with E-state index in [4.69, 9.17) is 5.11 Å². The van der Waals surface area contributed by atoms with E-state index in [0.717, 1.165) is 0 Å². The largest absolute Gasteiger partial charge is 0.395 e. The molecule has 0 spiro atoms. The molecule has 0 aromatic heterocycles. The summed E-state index contributed by atoms with van der Waals surface area (Å²) >= 11 is 0. The van der Waals surface area contributed by atoms with Crippen molar-refractivity contribution in [1.29, 1.82) is 0 Å². The number of hydrogen-bond donors (Lipinski definition) is 3. The van der Waals surface area contributed by atoms with Crippen molar-refractivity contribution in [1.82, 2.24) is 10.6 Å². The number of aliphatic hydroxyl groups excluding tert-OH is 1. The predicted molar refractivity (Wildman–Crippen MR) is 53.7 cm³/mol. The fraction of sp³-hybridized carbons (Fsp3) is 0.300. The van der Waals surface area contributed by atoms with E-state index in [1.807, 2.05) is 0 Å². The van der Waals surface area contributed by atoms with Crippen molar-refractivity contribution in [2.75, 3.05) is 13.2 Å². The fourth-order valence-corrected chi connectivity index (χ4v) is 1.06. The van der Waals surface area contributed by atoms with Gasteiger partial charge in [0, 0.05) is 13.1 Å². The van der Waals surface area contributed by atoms with Crippen molar-refractivity contribution in [2.24, 2.45) is 0 Å². The highest BCUT2D eigenvalue weighted by molar-refractivity contribution is 5.73. The normalized spacial score (nSPS) is 9.73. The first kappa shape index (κ1) is 11.5. The minimum Gasteiger partial charge on any atom is -0.395 e. The molecule has 0 atom stereocenters. The maximum atomic E-state index is 12.7. The van der Waals surface area contributed by atoms with Crippen LogP contribution in [0.4, 0.5) is 9.18 Å². The zero-order chi connectivity index (χ0) is 11.1. The molecule has 0 aliphatic heterocycles. The smallest absolute Gasteiger partial charge is 0.315 e. The third-order valence-electron chi connectivity index (χ3n) is 1.74. The summed E-state index contributed by atoms with van der Waals surface area (Å²) in [6.07, 6.45) is 0. The van der Waals surface area contributed by atoms with Crippen LogP contribution in [0.25, 0.3) is 0 Å². The van der Waals surface area contributed by atoms with Gasteiger partial charge in [0.1, 0.15) is 5.82 Å². The summed E-state index contributed by atoms with van der Waals surface area (Å²) in [5.41, 5.74) is 0.689. The van der Waals surface area contributed by atoms with Gasteiger partial charge >= 0.3 is 6.03 Å². The first-order valence-corrected chi connectivity index (χ1v) is 4.59. The average Bonchev–Trinajstić information content (AvgIpc) is 2.23. The molecular formula is C10H13FN2O2. The zero-order valence-corrected chi connectivity index (χ0v) is 8.16. The van der Waals surface area contributed by atoms with Gasteiger partial charge < -0.3 is 15.7 Å². The summed E-state index contributed by atoms with van der Waals surface area (Å²) < 4.78 is 12.7. The average molecular weight is 212 g/mol. The van der Waals surface area contributed by atoms with Gasteiger partial charge in [0.2, 0.25) is 0 Å². The van der Waals surface area contributed by atoms with Gasteiger partial charge in [-0.25, -0.2) is 9.18 Å². The first-order chi connectivity index (χ1) is 7.22. The van der Waals surface area contributed by atoms with Crippen molar-refractivity contribution in [3.63, 3.8) is 0 Å². The fourth-order valence-electron chi connectivity index (χ4n) is 1.06. The van der Waals surface area contributed by atoms with Crippen LogP contribution in [0.1, 0.15) is 5.56 Å². The molecule has 1 aromatic carbocycles. The summed E-state index contributed by atoms with van der Waals surface area (Å²) in [4.78, 5) is 11.0. The lowest BCUT2D eigenvalue weighted by Gasteiger charge is -2.06. The predicted octanol–water partition coefficient (Wildman–Crippen LogP) is 0.617. The lowest BCUT2D eigenvalue weighted by Crippen LogP contribution is -2.36. The second kappa shape index (κ2) is 5.98. The molecule has 0 heterocycles. The first-order valence-electron chi connectivity index (χ1n) is 4.59. The molecule has 1 rings (SSSR count). The number of aliphatic hydroxyl groups is 1. The van der Waals surface area contributed by atoms with Gasteiger partial charge in [-0.1, -0.05) is 12.1 Å². The Bertz CT molecular complexity index is 331. The summed E-state index contributed by atoms with van der Waals surface area (Å²) in [5, 5.41) is 13.4. The maximum absolute atomic E-state index is 12.7. The van der Waals surface area contributed by atoms with E-state index in [1.54, 1.807) is 12.1 Å². The number of carbonyl (C=O) groups is 1. The maximum Gasteiger partial charge on any atom is 0.315 e. The highest BCUT2D eigenvalue weighted by Crippen LogP contribution is 2.02. The second-order valence-corrected chi connectivity index (χ2v) is 2.96. The van der Waals surface area contributed by atoms with Crippen LogP contribution in [-0.4, -0.2) is 24.3 Å². The van der Waals surface area contributed by atoms with Crippen LogP contribution < -0.4 is 10.6 Å². The molecule has 4 nitrogen and oxygen atoms in total. The molecule has 82 valence electrons. The molecular weight excluding hydrogens is 199 g/mol.